The maximum Gasteiger partial charge on any atom is 0.345 e. The van der Waals surface area contributed by atoms with E-state index >= 15 is 0 Å². The monoisotopic (exact) mass is 997 g/mol. The number of aliphatic carboxylic acids is 1. The minimum atomic E-state index is -2.89. The summed E-state index contributed by atoms with van der Waals surface area (Å²) in [6.07, 6.45) is 2.05. The second-order valence-corrected chi connectivity index (χ2v) is 20.8. The molecule has 352 valence electrons. The third-order valence-electron chi connectivity index (χ3n) is 12.0. The Hall–Kier alpha value is -5.95. The minimum Gasteiger partial charge on any atom is -0.490 e. The Morgan fingerprint density at radius 3 is 2.34 bits per heavy atom. The van der Waals surface area contributed by atoms with Gasteiger partial charge in [-0.3, -0.25) is 4.90 Å². The molecule has 4 bridgehead atoms. The molecule has 0 aliphatic carbocycles. The number of benzene rings is 4. The summed E-state index contributed by atoms with van der Waals surface area (Å²) in [6, 6.07) is 19.7. The van der Waals surface area contributed by atoms with Crippen molar-refractivity contribution in [3.05, 3.63) is 124 Å². The largest absolute Gasteiger partial charge is 0.490 e. The summed E-state index contributed by atoms with van der Waals surface area (Å²) in [5.41, 5.74) is 4.85. The fourth-order valence-electron chi connectivity index (χ4n) is 8.34. The van der Waals surface area contributed by atoms with Crippen molar-refractivity contribution >= 4 is 60.5 Å². The standard InChI is InChI=1S/C49H46Cl2FN7O7S2/c1-27-39-28(2)43(51)44(42(27)50)65-35(23-59-19-17-58(3)18-20-59)25-63-34-11-14-37(64-24-33-15-16-54-46(57-33)30-7-12-36(13-8-30)68(4,53)62)31(21-34)22-38(49(60)61)66-47-41-40(39)45(67-48(41)56-26-55-47)29-5-9-32(52)10-6-29/h5-16,21,26,35,38,53H,17-20,22-25H2,1-4H3,(H,60,61)/t35-,38-,68?/m1/s1. The Balaban J connectivity index is 1.14. The first-order valence-corrected chi connectivity index (χ1v) is 25.2. The summed E-state index contributed by atoms with van der Waals surface area (Å²) in [6.45, 7) is 7.72. The van der Waals surface area contributed by atoms with E-state index in [9.17, 15) is 18.5 Å². The van der Waals surface area contributed by atoms with E-state index in [2.05, 4.69) is 31.8 Å². The fourth-order valence-corrected chi connectivity index (χ4v) is 10.7. The van der Waals surface area contributed by atoms with E-state index in [1.165, 1.54) is 36.1 Å². The molecular formula is C49H46Cl2FN7O7S2. The number of fused-ring (bicyclic) bond motifs is 7. The second-order valence-electron chi connectivity index (χ2n) is 16.9. The van der Waals surface area contributed by atoms with Gasteiger partial charge in [-0.15, -0.1) is 11.3 Å². The molecule has 1 unspecified atom stereocenters. The zero-order valence-electron chi connectivity index (χ0n) is 37.4. The zero-order valence-corrected chi connectivity index (χ0v) is 40.6. The van der Waals surface area contributed by atoms with Crippen molar-refractivity contribution in [3.63, 3.8) is 0 Å². The Morgan fingerprint density at radius 1 is 0.941 bits per heavy atom. The van der Waals surface area contributed by atoms with E-state index in [1.54, 1.807) is 66.9 Å². The Morgan fingerprint density at radius 2 is 1.65 bits per heavy atom. The lowest BCUT2D eigenvalue weighted by Crippen LogP contribution is -2.49. The van der Waals surface area contributed by atoms with Crippen molar-refractivity contribution in [1.29, 1.82) is 4.78 Å². The number of thiophene rings is 1. The summed E-state index contributed by atoms with van der Waals surface area (Å²) in [5, 5.41) is 11.9. The Kier molecular flexibility index (Phi) is 13.6. The summed E-state index contributed by atoms with van der Waals surface area (Å²) in [7, 11) is -0.803. The number of carboxylic acids is 1. The molecule has 19 heteroatoms. The topological polar surface area (TPSA) is 173 Å². The van der Waals surface area contributed by atoms with Gasteiger partial charge in [0.15, 0.2) is 11.6 Å². The smallest absolute Gasteiger partial charge is 0.345 e. The summed E-state index contributed by atoms with van der Waals surface area (Å²) < 4.78 is 60.8. The van der Waals surface area contributed by atoms with Crippen LogP contribution in [0.3, 0.4) is 0 Å². The maximum absolute atomic E-state index is 14.4. The summed E-state index contributed by atoms with van der Waals surface area (Å²) >= 11 is 16.0. The average molecular weight is 999 g/mol. The molecule has 0 amide bonds. The van der Waals surface area contributed by atoms with Crippen molar-refractivity contribution in [2.24, 2.45) is 0 Å². The lowest BCUT2D eigenvalue weighted by atomic mass is 9.92. The number of nitrogens with one attached hydrogen (secondary N) is 1. The fraction of sp³-hybridized carbons (Fsp3) is 0.286. The van der Waals surface area contributed by atoms with Gasteiger partial charge in [-0.05, 0) is 104 Å². The Labute approximate surface area is 406 Å². The molecule has 10 rings (SSSR count). The molecule has 2 N–H and O–H groups in total. The number of halogens is 3. The highest BCUT2D eigenvalue weighted by molar-refractivity contribution is 7.91. The molecule has 3 aliphatic rings. The van der Waals surface area contributed by atoms with Crippen LogP contribution in [0, 0.1) is 24.4 Å². The lowest BCUT2D eigenvalue weighted by Gasteiger charge is -2.35. The third-order valence-corrected chi connectivity index (χ3v) is 15.2. The molecule has 68 heavy (non-hydrogen) atoms. The van der Waals surface area contributed by atoms with Gasteiger partial charge in [-0.25, -0.2) is 38.1 Å². The number of carboxylic acid groups (broad SMARTS) is 1. The maximum atomic E-state index is 14.4. The minimum absolute atomic E-state index is 0.00497. The number of carbonyl (C=O) groups is 1. The number of rotatable bonds is 9. The van der Waals surface area contributed by atoms with Crippen LogP contribution in [-0.4, -0.2) is 110 Å². The molecule has 3 aromatic heterocycles. The van der Waals surface area contributed by atoms with Gasteiger partial charge in [0, 0.05) is 78.1 Å². The number of ether oxygens (including phenoxy) is 4. The van der Waals surface area contributed by atoms with E-state index in [-0.39, 0.29) is 35.6 Å². The van der Waals surface area contributed by atoms with Crippen LogP contribution in [0.15, 0.2) is 90.2 Å². The molecule has 3 atom stereocenters. The van der Waals surface area contributed by atoms with Gasteiger partial charge in [0.1, 0.15) is 47.8 Å². The van der Waals surface area contributed by atoms with Crippen molar-refractivity contribution in [3.8, 4) is 56.1 Å². The molecule has 1 saturated heterocycles. The van der Waals surface area contributed by atoms with Crippen LogP contribution < -0.4 is 18.9 Å². The van der Waals surface area contributed by atoms with Crippen LogP contribution in [0.2, 0.25) is 10.0 Å². The van der Waals surface area contributed by atoms with Crippen LogP contribution in [0.4, 0.5) is 4.39 Å². The van der Waals surface area contributed by atoms with E-state index in [0.717, 1.165) is 26.2 Å². The molecule has 3 aliphatic heterocycles. The average Bonchev–Trinajstić information content (AvgIpc) is 3.71. The molecule has 0 saturated carbocycles. The predicted molar refractivity (Wildman–Crippen MR) is 261 cm³/mol. The van der Waals surface area contributed by atoms with Gasteiger partial charge in [0.05, 0.1) is 30.9 Å². The number of hydrogen-bond acceptors (Lipinski definition) is 14. The van der Waals surface area contributed by atoms with E-state index < -0.39 is 33.7 Å². The predicted octanol–water partition coefficient (Wildman–Crippen LogP) is 9.62. The van der Waals surface area contributed by atoms with Crippen LogP contribution in [-0.2, 0) is 27.6 Å². The number of aromatic nitrogens is 4. The highest BCUT2D eigenvalue weighted by atomic mass is 35.5. The van der Waals surface area contributed by atoms with E-state index in [0.29, 0.717) is 94.2 Å². The lowest BCUT2D eigenvalue weighted by molar-refractivity contribution is -0.145. The molecule has 7 aromatic rings. The summed E-state index contributed by atoms with van der Waals surface area (Å²) in [4.78, 5) is 37.8. The molecule has 4 aromatic carbocycles. The van der Waals surface area contributed by atoms with E-state index in [1.807, 2.05) is 13.8 Å². The first-order valence-electron chi connectivity index (χ1n) is 21.6. The van der Waals surface area contributed by atoms with Gasteiger partial charge in [-0.2, -0.15) is 0 Å². The van der Waals surface area contributed by atoms with Crippen LogP contribution in [0.25, 0.3) is 43.2 Å². The van der Waals surface area contributed by atoms with Gasteiger partial charge in [-0.1, -0.05) is 35.3 Å². The molecular weight excluding hydrogens is 953 g/mol. The van der Waals surface area contributed by atoms with Gasteiger partial charge in [0.25, 0.3) is 0 Å². The number of piperazine rings is 1. The van der Waals surface area contributed by atoms with Crippen molar-refractivity contribution in [2.75, 3.05) is 52.6 Å². The summed E-state index contributed by atoms with van der Waals surface area (Å²) in [5.74, 6) is -0.175. The number of likely N-dealkylation sites (N-methyl/N-ethyl adjacent to an activating group) is 1. The van der Waals surface area contributed by atoms with Crippen LogP contribution in [0.1, 0.15) is 22.4 Å². The molecule has 0 spiro atoms. The van der Waals surface area contributed by atoms with Crippen molar-refractivity contribution in [2.45, 2.75) is 44.0 Å². The van der Waals surface area contributed by atoms with Gasteiger partial charge >= 0.3 is 5.97 Å². The van der Waals surface area contributed by atoms with Crippen LogP contribution in [0.5, 0.6) is 23.1 Å². The van der Waals surface area contributed by atoms with Crippen molar-refractivity contribution < 1.29 is 37.4 Å². The van der Waals surface area contributed by atoms with Gasteiger partial charge in [0.2, 0.25) is 12.0 Å². The molecule has 14 nitrogen and oxygen atoms in total. The Bertz CT molecular complexity index is 3120. The third kappa shape index (κ3) is 9.95. The first kappa shape index (κ1) is 47.1. The van der Waals surface area contributed by atoms with E-state index in [4.69, 9.17) is 51.9 Å². The highest BCUT2D eigenvalue weighted by Gasteiger charge is 2.32. The van der Waals surface area contributed by atoms with Crippen LogP contribution >= 0.6 is 34.5 Å². The SMILES string of the molecule is Cc1c(Cl)c2c(Cl)c(C)c1-c1c(-c3ccc(F)cc3)sc3ncnc(c13)O[C@@H](C(=O)O)Cc1cc(ccc1OCc1ccnc(-c3ccc(S(C)(=N)=O)cc3)n1)OC[C@@H](CN1CCN(C)CC1)O2. The number of hydrogen-bond donors (Lipinski definition) is 2. The quantitative estimate of drug-likeness (QED) is 0.140. The normalized spacial score (nSPS) is 17.7. The molecule has 1 fully saturated rings. The highest BCUT2D eigenvalue weighted by Crippen LogP contribution is 2.53. The zero-order chi connectivity index (χ0) is 47.9. The van der Waals surface area contributed by atoms with Crippen molar-refractivity contribution in [1.82, 2.24) is 29.7 Å². The number of nitrogens with zero attached hydrogens (tertiary/aromatic N) is 6. The molecule has 0 radical (unpaired) electrons. The molecule has 6 heterocycles. The van der Waals surface area contributed by atoms with Gasteiger partial charge < -0.3 is 29.0 Å². The second kappa shape index (κ2) is 19.6. The first-order chi connectivity index (χ1) is 32.6.